The average molecular weight is 201 g/mol. The van der Waals surface area contributed by atoms with Crippen molar-refractivity contribution in [2.24, 2.45) is 0 Å². The number of hydrogen-bond donors (Lipinski definition) is 0. The molecule has 1 aliphatic rings. The molecular formula is C7H7NO2S2. The number of hydrogen-bond acceptors (Lipinski definition) is 5. The minimum absolute atomic E-state index is 0.151. The minimum Gasteiger partial charge on any atom is -0.462 e. The fourth-order valence-corrected chi connectivity index (χ4v) is 2.13. The summed E-state index contributed by atoms with van der Waals surface area (Å²) in [6.45, 7) is 2.03. The molecule has 0 aromatic rings. The van der Waals surface area contributed by atoms with Crippen LogP contribution in [0.5, 0.6) is 0 Å². The van der Waals surface area contributed by atoms with Crippen LogP contribution in [0.25, 0.3) is 0 Å². The predicted octanol–water partition coefficient (Wildman–Crippen LogP) is 1.72. The van der Waals surface area contributed by atoms with Crippen LogP contribution in [0, 0.1) is 11.3 Å². The average Bonchev–Trinajstić information content (AvgIpc) is 1.96. The fraction of sp³-hybridized carbons (Fsp3) is 0.429. The predicted molar refractivity (Wildman–Crippen MR) is 49.3 cm³/mol. The summed E-state index contributed by atoms with van der Waals surface area (Å²) in [5.41, 5.74) is 0.151. The summed E-state index contributed by atoms with van der Waals surface area (Å²) in [7, 11) is 0. The van der Waals surface area contributed by atoms with Crippen LogP contribution in [0.3, 0.4) is 0 Å². The Kier molecular flexibility index (Phi) is 3.50. The van der Waals surface area contributed by atoms with Crippen LogP contribution in [-0.4, -0.2) is 17.7 Å². The third kappa shape index (κ3) is 1.96. The zero-order chi connectivity index (χ0) is 8.97. The second-order valence-corrected chi connectivity index (χ2v) is 4.50. The van der Waals surface area contributed by atoms with E-state index < -0.39 is 5.97 Å². The molecule has 1 saturated heterocycles. The third-order valence-corrected chi connectivity index (χ3v) is 3.76. The lowest BCUT2D eigenvalue weighted by Crippen LogP contribution is -2.09. The molecule has 0 bridgehead atoms. The van der Waals surface area contributed by atoms with Gasteiger partial charge in [0, 0.05) is 5.08 Å². The number of ether oxygens (including phenoxy) is 1. The lowest BCUT2D eigenvalue weighted by Gasteiger charge is -2.15. The molecule has 64 valence electrons. The summed E-state index contributed by atoms with van der Waals surface area (Å²) in [5, 5.41) is 9.54. The SMILES string of the molecule is CCOC(=O)C(C#N)=C1SCS1. The second-order valence-electron chi connectivity index (χ2n) is 1.90. The van der Waals surface area contributed by atoms with E-state index in [1.54, 1.807) is 6.92 Å². The van der Waals surface area contributed by atoms with Crippen LogP contribution in [0.15, 0.2) is 9.81 Å². The molecule has 0 aliphatic carbocycles. The molecule has 0 aromatic carbocycles. The van der Waals surface area contributed by atoms with Crippen LogP contribution in [-0.2, 0) is 9.53 Å². The summed E-state index contributed by atoms with van der Waals surface area (Å²) in [5.74, 6) is -0.505. The second kappa shape index (κ2) is 4.43. The Bertz CT molecular complexity index is 261. The summed E-state index contributed by atoms with van der Waals surface area (Å²) in [4.78, 5) is 11.1. The maximum absolute atomic E-state index is 11.1. The van der Waals surface area contributed by atoms with Crippen molar-refractivity contribution in [3.05, 3.63) is 9.81 Å². The molecule has 0 amide bonds. The first-order chi connectivity index (χ1) is 5.79. The van der Waals surface area contributed by atoms with Gasteiger partial charge in [0.15, 0.2) is 5.57 Å². The van der Waals surface area contributed by atoms with E-state index in [4.69, 9.17) is 10.00 Å². The summed E-state index contributed by atoms with van der Waals surface area (Å²) >= 11 is 3.02. The van der Waals surface area contributed by atoms with Gasteiger partial charge in [-0.2, -0.15) is 5.26 Å². The highest BCUT2D eigenvalue weighted by atomic mass is 32.3. The van der Waals surface area contributed by atoms with Gasteiger partial charge in [0.1, 0.15) is 6.07 Å². The smallest absolute Gasteiger partial charge is 0.350 e. The standard InChI is InChI=1S/C7H7NO2S2/c1-2-10-6(9)5(3-8)7-11-4-12-7/h2,4H2,1H3. The van der Waals surface area contributed by atoms with Gasteiger partial charge in [-0.15, -0.1) is 23.5 Å². The number of nitriles is 1. The van der Waals surface area contributed by atoms with Crippen molar-refractivity contribution in [2.45, 2.75) is 6.92 Å². The maximum atomic E-state index is 11.1. The highest BCUT2D eigenvalue weighted by Crippen LogP contribution is 2.45. The number of rotatable bonds is 2. The van der Waals surface area contributed by atoms with E-state index in [2.05, 4.69) is 0 Å². The third-order valence-electron chi connectivity index (χ3n) is 1.18. The fourth-order valence-electron chi connectivity index (χ4n) is 0.640. The van der Waals surface area contributed by atoms with Gasteiger partial charge >= 0.3 is 5.97 Å². The molecule has 1 aliphatic heterocycles. The van der Waals surface area contributed by atoms with E-state index in [0.717, 1.165) is 9.32 Å². The van der Waals surface area contributed by atoms with Crippen molar-refractivity contribution in [3.8, 4) is 6.07 Å². The van der Waals surface area contributed by atoms with Gasteiger partial charge in [-0.25, -0.2) is 4.79 Å². The summed E-state index contributed by atoms with van der Waals surface area (Å²) in [6, 6.07) is 1.85. The Morgan fingerprint density at radius 1 is 1.75 bits per heavy atom. The van der Waals surface area contributed by atoms with E-state index in [9.17, 15) is 4.79 Å². The monoisotopic (exact) mass is 201 g/mol. The quantitative estimate of drug-likeness (QED) is 0.387. The van der Waals surface area contributed by atoms with Crippen LogP contribution >= 0.6 is 23.5 Å². The maximum Gasteiger partial charge on any atom is 0.350 e. The lowest BCUT2D eigenvalue weighted by atomic mass is 10.3. The van der Waals surface area contributed by atoms with Gasteiger partial charge in [-0.05, 0) is 6.92 Å². The number of thioether (sulfide) groups is 2. The Balaban J connectivity index is 2.69. The van der Waals surface area contributed by atoms with Crippen molar-refractivity contribution < 1.29 is 9.53 Å². The van der Waals surface area contributed by atoms with E-state index in [1.165, 1.54) is 23.5 Å². The molecule has 3 nitrogen and oxygen atoms in total. The molecule has 0 N–H and O–H groups in total. The number of carbonyl (C=O) groups is 1. The number of esters is 1. The molecule has 1 heterocycles. The first-order valence-corrected chi connectivity index (χ1v) is 5.33. The highest BCUT2D eigenvalue weighted by Gasteiger charge is 2.22. The summed E-state index contributed by atoms with van der Waals surface area (Å²) < 4.78 is 5.49. The molecule has 1 rings (SSSR count). The van der Waals surface area contributed by atoms with Gasteiger partial charge in [0.25, 0.3) is 0 Å². The minimum atomic E-state index is -0.505. The molecule has 12 heavy (non-hydrogen) atoms. The van der Waals surface area contributed by atoms with E-state index in [0.29, 0.717) is 6.61 Å². The van der Waals surface area contributed by atoms with Crippen molar-refractivity contribution in [1.82, 2.24) is 0 Å². The van der Waals surface area contributed by atoms with Gasteiger partial charge in [-0.3, -0.25) is 0 Å². The Labute approximate surface area is 79.1 Å². The number of nitrogens with zero attached hydrogens (tertiary/aromatic N) is 1. The Morgan fingerprint density at radius 3 is 2.75 bits per heavy atom. The highest BCUT2D eigenvalue weighted by molar-refractivity contribution is 8.37. The van der Waals surface area contributed by atoms with Crippen molar-refractivity contribution in [3.63, 3.8) is 0 Å². The van der Waals surface area contributed by atoms with Gasteiger partial charge in [-0.1, -0.05) is 0 Å². The summed E-state index contributed by atoms with van der Waals surface area (Å²) in [6.07, 6.45) is 0. The molecule has 0 saturated carbocycles. The van der Waals surface area contributed by atoms with Crippen molar-refractivity contribution >= 4 is 29.5 Å². The molecule has 0 atom stereocenters. The molecule has 0 unspecified atom stereocenters. The molecule has 0 aromatic heterocycles. The Hall–Kier alpha value is -0.600. The molecule has 5 heteroatoms. The van der Waals surface area contributed by atoms with Crippen molar-refractivity contribution in [2.75, 3.05) is 11.7 Å². The molecule has 0 radical (unpaired) electrons. The van der Waals surface area contributed by atoms with Crippen LogP contribution in [0.4, 0.5) is 0 Å². The van der Waals surface area contributed by atoms with Gasteiger partial charge < -0.3 is 4.74 Å². The molecule has 0 spiro atoms. The topological polar surface area (TPSA) is 50.1 Å². The van der Waals surface area contributed by atoms with Crippen LogP contribution in [0.1, 0.15) is 6.92 Å². The normalized spacial score (nSPS) is 14.5. The van der Waals surface area contributed by atoms with E-state index in [-0.39, 0.29) is 5.57 Å². The Morgan fingerprint density at radius 2 is 2.42 bits per heavy atom. The van der Waals surface area contributed by atoms with Gasteiger partial charge in [0.05, 0.1) is 10.8 Å². The largest absolute Gasteiger partial charge is 0.462 e. The van der Waals surface area contributed by atoms with E-state index in [1.807, 2.05) is 6.07 Å². The molecular weight excluding hydrogens is 194 g/mol. The first kappa shape index (κ1) is 9.49. The van der Waals surface area contributed by atoms with E-state index >= 15 is 0 Å². The lowest BCUT2D eigenvalue weighted by molar-refractivity contribution is -0.138. The van der Waals surface area contributed by atoms with Crippen molar-refractivity contribution in [1.29, 1.82) is 5.26 Å². The zero-order valence-electron chi connectivity index (χ0n) is 6.49. The molecule has 1 fully saturated rings. The van der Waals surface area contributed by atoms with Crippen LogP contribution in [0.2, 0.25) is 0 Å². The zero-order valence-corrected chi connectivity index (χ0v) is 8.13. The van der Waals surface area contributed by atoms with Gasteiger partial charge in [0.2, 0.25) is 0 Å². The van der Waals surface area contributed by atoms with Crippen LogP contribution < -0.4 is 0 Å². The first-order valence-electron chi connectivity index (χ1n) is 3.36. The number of carbonyl (C=O) groups excluding carboxylic acids is 1.